The van der Waals surface area contributed by atoms with E-state index in [1.807, 2.05) is 19.1 Å². The van der Waals surface area contributed by atoms with Crippen LogP contribution in [0.3, 0.4) is 0 Å². The number of rotatable bonds is 5. The van der Waals surface area contributed by atoms with Crippen LogP contribution in [0.2, 0.25) is 10.0 Å². The SMILES string of the molecule is C/C=C/CCNC(=O)Cc1ccc(Cl)cc1Cl. The summed E-state index contributed by atoms with van der Waals surface area (Å²) >= 11 is 11.8. The summed E-state index contributed by atoms with van der Waals surface area (Å²) in [6.07, 6.45) is 5.10. The number of halogens is 2. The Bertz CT molecular complexity index is 416. The summed E-state index contributed by atoms with van der Waals surface area (Å²) < 4.78 is 0. The Labute approximate surface area is 112 Å². The smallest absolute Gasteiger partial charge is 0.224 e. The van der Waals surface area contributed by atoms with E-state index >= 15 is 0 Å². The maximum atomic E-state index is 11.6. The fourth-order valence-electron chi connectivity index (χ4n) is 1.36. The first-order chi connectivity index (χ1) is 8.13. The van der Waals surface area contributed by atoms with Gasteiger partial charge in [0.1, 0.15) is 0 Å². The summed E-state index contributed by atoms with van der Waals surface area (Å²) in [5.41, 5.74) is 0.791. The Morgan fingerprint density at radius 2 is 2.18 bits per heavy atom. The average Bonchev–Trinajstić information content (AvgIpc) is 2.28. The van der Waals surface area contributed by atoms with Gasteiger partial charge in [0.05, 0.1) is 6.42 Å². The molecule has 1 amide bonds. The maximum absolute atomic E-state index is 11.6. The molecule has 0 heterocycles. The molecule has 0 saturated carbocycles. The van der Waals surface area contributed by atoms with Gasteiger partial charge in [-0.3, -0.25) is 4.79 Å². The standard InChI is InChI=1S/C13H15Cl2NO/c1-2-3-4-7-16-13(17)8-10-5-6-11(14)9-12(10)15/h2-3,5-6,9H,4,7-8H2,1H3,(H,16,17)/b3-2+. The zero-order valence-electron chi connectivity index (χ0n) is 9.67. The molecule has 2 nitrogen and oxygen atoms in total. The van der Waals surface area contributed by atoms with Gasteiger partial charge >= 0.3 is 0 Å². The van der Waals surface area contributed by atoms with Crippen molar-refractivity contribution in [2.75, 3.05) is 6.54 Å². The molecule has 17 heavy (non-hydrogen) atoms. The van der Waals surface area contributed by atoms with Gasteiger partial charge in [0.2, 0.25) is 5.91 Å². The van der Waals surface area contributed by atoms with Gasteiger partial charge in [-0.1, -0.05) is 41.4 Å². The van der Waals surface area contributed by atoms with Crippen molar-refractivity contribution < 1.29 is 4.79 Å². The molecule has 0 aromatic heterocycles. The number of benzene rings is 1. The number of carbonyl (C=O) groups is 1. The fourth-order valence-corrected chi connectivity index (χ4v) is 1.84. The second kappa shape index (κ2) is 7.36. The Kier molecular flexibility index (Phi) is 6.09. The van der Waals surface area contributed by atoms with Crippen LogP contribution >= 0.6 is 23.2 Å². The van der Waals surface area contributed by atoms with Gasteiger partial charge in [-0.25, -0.2) is 0 Å². The van der Waals surface area contributed by atoms with Crippen molar-refractivity contribution >= 4 is 29.1 Å². The molecule has 0 saturated heterocycles. The number of allylic oxidation sites excluding steroid dienone is 1. The van der Waals surface area contributed by atoms with Crippen LogP contribution in [-0.4, -0.2) is 12.5 Å². The lowest BCUT2D eigenvalue weighted by molar-refractivity contribution is -0.120. The lowest BCUT2D eigenvalue weighted by atomic mass is 10.1. The average molecular weight is 272 g/mol. The van der Waals surface area contributed by atoms with Crippen molar-refractivity contribution in [3.63, 3.8) is 0 Å². The minimum atomic E-state index is -0.0290. The van der Waals surface area contributed by atoms with Crippen LogP contribution in [0, 0.1) is 0 Å². The summed E-state index contributed by atoms with van der Waals surface area (Å²) in [7, 11) is 0. The number of hydrogen-bond donors (Lipinski definition) is 1. The van der Waals surface area contributed by atoms with Gasteiger partial charge < -0.3 is 5.32 Å². The van der Waals surface area contributed by atoms with E-state index in [4.69, 9.17) is 23.2 Å². The minimum Gasteiger partial charge on any atom is -0.356 e. The second-order valence-electron chi connectivity index (χ2n) is 3.62. The quantitative estimate of drug-likeness (QED) is 0.643. The topological polar surface area (TPSA) is 29.1 Å². The zero-order chi connectivity index (χ0) is 12.7. The summed E-state index contributed by atoms with van der Waals surface area (Å²) in [6, 6.07) is 5.15. The molecular formula is C13H15Cl2NO. The first kappa shape index (κ1) is 14.1. The van der Waals surface area contributed by atoms with Crippen LogP contribution in [0.1, 0.15) is 18.9 Å². The molecule has 1 aromatic carbocycles. The number of hydrogen-bond acceptors (Lipinski definition) is 1. The van der Waals surface area contributed by atoms with Gasteiger partial charge in [-0.2, -0.15) is 0 Å². The minimum absolute atomic E-state index is 0.0290. The summed E-state index contributed by atoms with van der Waals surface area (Å²) in [5.74, 6) is -0.0290. The highest BCUT2D eigenvalue weighted by Gasteiger charge is 2.06. The van der Waals surface area contributed by atoms with E-state index in [9.17, 15) is 4.79 Å². The highest BCUT2D eigenvalue weighted by atomic mass is 35.5. The molecule has 0 unspecified atom stereocenters. The highest BCUT2D eigenvalue weighted by molar-refractivity contribution is 6.35. The third-order valence-corrected chi connectivity index (χ3v) is 2.82. The van der Waals surface area contributed by atoms with E-state index < -0.39 is 0 Å². The molecule has 1 rings (SSSR count). The van der Waals surface area contributed by atoms with Crippen molar-refractivity contribution in [1.82, 2.24) is 5.32 Å². The van der Waals surface area contributed by atoms with Crippen LogP contribution in [0.25, 0.3) is 0 Å². The predicted octanol–water partition coefficient (Wildman–Crippen LogP) is 3.62. The van der Waals surface area contributed by atoms with Crippen LogP contribution in [0.15, 0.2) is 30.4 Å². The summed E-state index contributed by atoms with van der Waals surface area (Å²) in [5, 5.41) is 3.93. The Balaban J connectivity index is 2.45. The third kappa shape index (κ3) is 5.24. The molecule has 0 aliphatic rings. The molecule has 0 fully saturated rings. The van der Waals surface area contributed by atoms with E-state index in [0.717, 1.165) is 12.0 Å². The van der Waals surface area contributed by atoms with Crippen LogP contribution in [0.4, 0.5) is 0 Å². The van der Waals surface area contributed by atoms with E-state index in [1.165, 1.54) is 0 Å². The molecule has 4 heteroatoms. The lowest BCUT2D eigenvalue weighted by Gasteiger charge is -2.05. The van der Waals surface area contributed by atoms with Crippen LogP contribution in [0.5, 0.6) is 0 Å². The molecule has 0 spiro atoms. The molecule has 0 bridgehead atoms. The lowest BCUT2D eigenvalue weighted by Crippen LogP contribution is -2.25. The first-order valence-electron chi connectivity index (χ1n) is 5.45. The molecular weight excluding hydrogens is 257 g/mol. The normalized spacial score (nSPS) is 10.8. The molecule has 1 aromatic rings. The second-order valence-corrected chi connectivity index (χ2v) is 4.46. The van der Waals surface area contributed by atoms with Crippen molar-refractivity contribution in [1.29, 1.82) is 0 Å². The summed E-state index contributed by atoms with van der Waals surface area (Å²) in [4.78, 5) is 11.6. The van der Waals surface area contributed by atoms with Crippen molar-refractivity contribution in [2.45, 2.75) is 19.8 Å². The van der Waals surface area contributed by atoms with Gasteiger partial charge in [0.15, 0.2) is 0 Å². The number of amides is 1. The van der Waals surface area contributed by atoms with Crippen molar-refractivity contribution in [3.8, 4) is 0 Å². The molecule has 1 N–H and O–H groups in total. The Morgan fingerprint density at radius 3 is 2.82 bits per heavy atom. The zero-order valence-corrected chi connectivity index (χ0v) is 11.2. The number of carbonyl (C=O) groups excluding carboxylic acids is 1. The first-order valence-corrected chi connectivity index (χ1v) is 6.21. The molecule has 0 radical (unpaired) electrons. The monoisotopic (exact) mass is 271 g/mol. The maximum Gasteiger partial charge on any atom is 0.224 e. The van der Waals surface area contributed by atoms with Gasteiger partial charge in [-0.15, -0.1) is 0 Å². The Morgan fingerprint density at radius 1 is 1.41 bits per heavy atom. The van der Waals surface area contributed by atoms with Crippen molar-refractivity contribution in [3.05, 3.63) is 46.0 Å². The van der Waals surface area contributed by atoms with Crippen molar-refractivity contribution in [2.24, 2.45) is 0 Å². The molecule has 0 aliphatic carbocycles. The Hall–Kier alpha value is -0.990. The van der Waals surface area contributed by atoms with Crippen LogP contribution < -0.4 is 5.32 Å². The largest absolute Gasteiger partial charge is 0.356 e. The summed E-state index contributed by atoms with van der Waals surface area (Å²) in [6.45, 7) is 2.60. The van der Waals surface area contributed by atoms with E-state index in [0.29, 0.717) is 16.6 Å². The molecule has 0 aliphatic heterocycles. The highest BCUT2D eigenvalue weighted by Crippen LogP contribution is 2.21. The number of nitrogens with one attached hydrogen (secondary N) is 1. The predicted molar refractivity (Wildman–Crippen MR) is 72.6 cm³/mol. The molecule has 0 atom stereocenters. The van der Waals surface area contributed by atoms with Crippen LogP contribution in [-0.2, 0) is 11.2 Å². The van der Waals surface area contributed by atoms with Gasteiger partial charge in [0, 0.05) is 16.6 Å². The van der Waals surface area contributed by atoms with E-state index in [2.05, 4.69) is 5.32 Å². The third-order valence-electron chi connectivity index (χ3n) is 2.23. The fraction of sp³-hybridized carbons (Fsp3) is 0.308. The van der Waals surface area contributed by atoms with E-state index in [-0.39, 0.29) is 12.3 Å². The molecule has 92 valence electrons. The van der Waals surface area contributed by atoms with Gasteiger partial charge in [-0.05, 0) is 31.0 Å². The van der Waals surface area contributed by atoms with Gasteiger partial charge in [0.25, 0.3) is 0 Å². The van der Waals surface area contributed by atoms with E-state index in [1.54, 1.807) is 18.2 Å².